The minimum absolute atomic E-state index is 0.517. The lowest BCUT2D eigenvalue weighted by atomic mass is 9.96. The molecule has 0 saturated heterocycles. The van der Waals surface area contributed by atoms with E-state index < -0.39 is 0 Å². The summed E-state index contributed by atoms with van der Waals surface area (Å²) in [6.07, 6.45) is 8.20. The number of hydrogen-bond acceptors (Lipinski definition) is 2. The van der Waals surface area contributed by atoms with Crippen molar-refractivity contribution in [1.29, 1.82) is 0 Å². The summed E-state index contributed by atoms with van der Waals surface area (Å²) >= 11 is 8.81. The van der Waals surface area contributed by atoms with Crippen LogP contribution in [0, 0.1) is 6.92 Å². The van der Waals surface area contributed by atoms with E-state index in [0.717, 1.165) is 15.9 Å². The van der Waals surface area contributed by atoms with Gasteiger partial charge in [-0.1, -0.05) is 19.3 Å². The molecule has 0 unspecified atom stereocenters. The Morgan fingerprint density at radius 1 is 1.39 bits per heavy atom. The van der Waals surface area contributed by atoms with Crippen LogP contribution < -0.4 is 10.6 Å². The lowest BCUT2D eigenvalue weighted by Crippen LogP contribution is -2.39. The Labute approximate surface area is 122 Å². The van der Waals surface area contributed by atoms with E-state index in [4.69, 9.17) is 12.2 Å². The molecule has 18 heavy (non-hydrogen) atoms. The van der Waals surface area contributed by atoms with E-state index in [1.165, 1.54) is 32.1 Å². The van der Waals surface area contributed by atoms with Gasteiger partial charge < -0.3 is 10.6 Å². The van der Waals surface area contributed by atoms with Gasteiger partial charge in [0.15, 0.2) is 5.11 Å². The number of anilines is 1. The summed E-state index contributed by atoms with van der Waals surface area (Å²) in [5.74, 6) is 0.772. The van der Waals surface area contributed by atoms with Crippen LogP contribution in [0.4, 0.5) is 5.82 Å². The molecule has 0 bridgehead atoms. The summed E-state index contributed by atoms with van der Waals surface area (Å²) in [5, 5.41) is 7.18. The largest absolute Gasteiger partial charge is 0.360 e. The van der Waals surface area contributed by atoms with Gasteiger partial charge in [-0.25, -0.2) is 4.98 Å². The maximum Gasteiger partial charge on any atom is 0.172 e. The molecule has 1 saturated carbocycles. The van der Waals surface area contributed by atoms with Gasteiger partial charge in [-0.15, -0.1) is 0 Å². The number of aryl methyl sites for hydroxylation is 1. The molecule has 0 atom stereocenters. The summed E-state index contributed by atoms with van der Waals surface area (Å²) in [6, 6.07) is 2.54. The smallest absolute Gasteiger partial charge is 0.172 e. The molecular weight excluding hydrogens is 310 g/mol. The second kappa shape index (κ2) is 6.48. The topological polar surface area (TPSA) is 37.0 Å². The Morgan fingerprint density at radius 2 is 2.11 bits per heavy atom. The molecule has 1 aromatic heterocycles. The Kier molecular flexibility index (Phi) is 4.95. The predicted molar refractivity (Wildman–Crippen MR) is 82.9 cm³/mol. The third-order valence-electron chi connectivity index (χ3n) is 3.15. The fraction of sp³-hybridized carbons (Fsp3) is 0.538. The first-order chi connectivity index (χ1) is 8.65. The van der Waals surface area contributed by atoms with Crippen LogP contribution in [0.25, 0.3) is 0 Å². The van der Waals surface area contributed by atoms with Crippen molar-refractivity contribution in [1.82, 2.24) is 10.3 Å². The number of nitrogens with zero attached hydrogens (tertiary/aromatic N) is 1. The number of thiocarbonyl (C=S) groups is 1. The first-order valence-corrected chi connectivity index (χ1v) is 7.55. The second-order valence-corrected chi connectivity index (χ2v) is 6.04. The second-order valence-electron chi connectivity index (χ2n) is 4.78. The SMILES string of the molecule is Cc1cnc(NC(=S)NC2CCCCC2)c(Br)c1. The maximum absolute atomic E-state index is 5.33. The van der Waals surface area contributed by atoms with Crippen molar-refractivity contribution < 1.29 is 0 Å². The molecule has 98 valence electrons. The normalized spacial score (nSPS) is 16.3. The van der Waals surface area contributed by atoms with Crippen LogP contribution in [0.3, 0.4) is 0 Å². The van der Waals surface area contributed by atoms with E-state index in [0.29, 0.717) is 11.2 Å². The van der Waals surface area contributed by atoms with Crippen molar-refractivity contribution in [2.45, 2.75) is 45.1 Å². The van der Waals surface area contributed by atoms with Crippen molar-refractivity contribution >= 4 is 39.1 Å². The van der Waals surface area contributed by atoms with Gasteiger partial charge in [0.2, 0.25) is 0 Å². The molecule has 0 spiro atoms. The average Bonchev–Trinajstić information content (AvgIpc) is 2.34. The van der Waals surface area contributed by atoms with Crippen LogP contribution in [0.15, 0.2) is 16.7 Å². The van der Waals surface area contributed by atoms with Gasteiger partial charge in [0.05, 0.1) is 4.47 Å². The van der Waals surface area contributed by atoms with Gasteiger partial charge >= 0.3 is 0 Å². The molecule has 3 nitrogen and oxygen atoms in total. The molecule has 1 fully saturated rings. The molecular formula is C13H18BrN3S. The van der Waals surface area contributed by atoms with Gasteiger partial charge in [0.1, 0.15) is 5.82 Å². The molecule has 0 amide bonds. The Bertz CT molecular complexity index is 430. The predicted octanol–water partition coefficient (Wildman–Crippen LogP) is 3.77. The summed E-state index contributed by atoms with van der Waals surface area (Å²) in [5.41, 5.74) is 1.12. The lowest BCUT2D eigenvalue weighted by molar-refractivity contribution is 0.415. The van der Waals surface area contributed by atoms with Crippen molar-refractivity contribution in [2.75, 3.05) is 5.32 Å². The monoisotopic (exact) mass is 327 g/mol. The number of pyridine rings is 1. The van der Waals surface area contributed by atoms with E-state index in [1.54, 1.807) is 0 Å². The molecule has 1 aromatic rings. The summed E-state index contributed by atoms with van der Waals surface area (Å²) < 4.78 is 0.940. The number of nitrogens with one attached hydrogen (secondary N) is 2. The average molecular weight is 328 g/mol. The van der Waals surface area contributed by atoms with Gasteiger partial charge in [-0.3, -0.25) is 0 Å². The van der Waals surface area contributed by atoms with Crippen LogP contribution >= 0.6 is 28.1 Å². The van der Waals surface area contributed by atoms with E-state index in [2.05, 4.69) is 31.5 Å². The number of hydrogen-bond donors (Lipinski definition) is 2. The fourth-order valence-corrected chi connectivity index (χ4v) is 3.03. The first-order valence-electron chi connectivity index (χ1n) is 6.35. The molecule has 2 N–H and O–H groups in total. The van der Waals surface area contributed by atoms with E-state index in [1.807, 2.05) is 19.2 Å². The number of rotatable bonds is 2. The highest BCUT2D eigenvalue weighted by Gasteiger charge is 2.14. The third-order valence-corrected chi connectivity index (χ3v) is 3.97. The van der Waals surface area contributed by atoms with Gasteiger partial charge in [-0.2, -0.15) is 0 Å². The Morgan fingerprint density at radius 3 is 2.78 bits per heavy atom. The molecule has 0 aromatic carbocycles. The first kappa shape index (κ1) is 13.7. The summed E-state index contributed by atoms with van der Waals surface area (Å²) in [7, 11) is 0. The highest BCUT2D eigenvalue weighted by atomic mass is 79.9. The minimum Gasteiger partial charge on any atom is -0.360 e. The third kappa shape index (κ3) is 3.92. The zero-order valence-corrected chi connectivity index (χ0v) is 12.9. The Hall–Kier alpha value is -0.680. The lowest BCUT2D eigenvalue weighted by Gasteiger charge is -2.24. The summed E-state index contributed by atoms with van der Waals surface area (Å²) in [6.45, 7) is 2.01. The molecule has 0 aliphatic heterocycles. The molecule has 0 radical (unpaired) electrons. The van der Waals surface area contributed by atoms with E-state index >= 15 is 0 Å². The van der Waals surface area contributed by atoms with Crippen molar-refractivity contribution in [2.24, 2.45) is 0 Å². The van der Waals surface area contributed by atoms with Crippen LogP contribution in [0.5, 0.6) is 0 Å². The molecule has 1 aliphatic carbocycles. The zero-order chi connectivity index (χ0) is 13.0. The maximum atomic E-state index is 5.33. The van der Waals surface area contributed by atoms with Gasteiger partial charge in [0.25, 0.3) is 0 Å². The molecule has 1 aliphatic rings. The van der Waals surface area contributed by atoms with E-state index in [-0.39, 0.29) is 0 Å². The number of aromatic nitrogens is 1. The van der Waals surface area contributed by atoms with Gasteiger partial charge in [-0.05, 0) is 59.5 Å². The van der Waals surface area contributed by atoms with Crippen molar-refractivity contribution in [3.05, 3.63) is 22.3 Å². The van der Waals surface area contributed by atoms with Crippen LogP contribution in [0.1, 0.15) is 37.7 Å². The summed E-state index contributed by atoms with van der Waals surface area (Å²) in [4.78, 5) is 4.33. The van der Waals surface area contributed by atoms with Crippen LogP contribution in [-0.2, 0) is 0 Å². The minimum atomic E-state index is 0.517. The molecule has 1 heterocycles. The quantitative estimate of drug-likeness (QED) is 0.811. The van der Waals surface area contributed by atoms with Crippen molar-refractivity contribution in [3.8, 4) is 0 Å². The van der Waals surface area contributed by atoms with E-state index in [9.17, 15) is 0 Å². The highest BCUT2D eigenvalue weighted by Crippen LogP contribution is 2.21. The standard InChI is InChI=1S/C13H18BrN3S/c1-9-7-11(14)12(15-8-9)17-13(18)16-10-5-3-2-4-6-10/h7-8,10H,2-6H2,1H3,(H2,15,16,17,18). The van der Waals surface area contributed by atoms with Crippen molar-refractivity contribution in [3.63, 3.8) is 0 Å². The highest BCUT2D eigenvalue weighted by molar-refractivity contribution is 9.10. The van der Waals surface area contributed by atoms with Crippen LogP contribution in [-0.4, -0.2) is 16.1 Å². The number of halogens is 1. The van der Waals surface area contributed by atoms with Crippen LogP contribution in [0.2, 0.25) is 0 Å². The Balaban J connectivity index is 1.90. The molecule has 5 heteroatoms. The molecule has 2 rings (SSSR count). The fourth-order valence-electron chi connectivity index (χ4n) is 2.20. The zero-order valence-electron chi connectivity index (χ0n) is 10.5. The van der Waals surface area contributed by atoms with Gasteiger partial charge in [0, 0.05) is 12.2 Å².